The van der Waals surface area contributed by atoms with E-state index in [-0.39, 0.29) is 11.4 Å². The van der Waals surface area contributed by atoms with Gasteiger partial charge in [0.25, 0.3) is 0 Å². The molecule has 0 spiro atoms. The van der Waals surface area contributed by atoms with E-state index in [1.807, 2.05) is 4.90 Å². The molecule has 15 heavy (non-hydrogen) atoms. The monoisotopic (exact) mass is 207 g/mol. The Hall–Kier alpha value is -1.58. The molecule has 4 heteroatoms. The molecule has 0 amide bonds. The molecule has 1 saturated heterocycles. The summed E-state index contributed by atoms with van der Waals surface area (Å²) in [6.07, 6.45) is 3.40. The van der Waals surface area contributed by atoms with Crippen molar-refractivity contribution in [2.45, 2.75) is 19.8 Å². The van der Waals surface area contributed by atoms with E-state index in [0.29, 0.717) is 5.70 Å². The average Bonchev–Trinajstić information content (AvgIpc) is 2.73. The number of carbonyl (C=O) groups excluding carboxylic acids is 2. The van der Waals surface area contributed by atoms with Gasteiger partial charge in [-0.05, 0) is 19.8 Å². The van der Waals surface area contributed by atoms with Crippen LogP contribution in [0.2, 0.25) is 0 Å². The third-order valence-corrected chi connectivity index (χ3v) is 2.89. The standard InChI is InChI=1S/C11H13NO3/c1-7-9(13)6-8(11(15)10(7)14)12-4-2-3-5-12/h6,14H,2-5H2,1H3. The third kappa shape index (κ3) is 1.56. The molecule has 1 fully saturated rings. The predicted octanol–water partition coefficient (Wildman–Crippen LogP) is 0.950. The Morgan fingerprint density at radius 3 is 2.47 bits per heavy atom. The van der Waals surface area contributed by atoms with E-state index in [1.54, 1.807) is 0 Å². The first-order valence-corrected chi connectivity index (χ1v) is 5.07. The second-order valence-corrected chi connectivity index (χ2v) is 3.89. The molecule has 2 rings (SSSR count). The minimum absolute atomic E-state index is 0.142. The van der Waals surface area contributed by atoms with Gasteiger partial charge in [0.15, 0.2) is 11.5 Å². The predicted molar refractivity (Wildman–Crippen MR) is 54.2 cm³/mol. The van der Waals surface area contributed by atoms with Crippen molar-refractivity contribution in [3.63, 3.8) is 0 Å². The van der Waals surface area contributed by atoms with Crippen LogP contribution in [0.5, 0.6) is 0 Å². The third-order valence-electron chi connectivity index (χ3n) is 2.89. The topological polar surface area (TPSA) is 57.6 Å². The van der Waals surface area contributed by atoms with Gasteiger partial charge in [0, 0.05) is 24.7 Å². The zero-order valence-corrected chi connectivity index (χ0v) is 8.62. The fourth-order valence-electron chi connectivity index (χ4n) is 1.90. The molecule has 0 bridgehead atoms. The average molecular weight is 207 g/mol. The first kappa shape index (κ1) is 9.96. The first-order chi connectivity index (χ1) is 7.11. The summed E-state index contributed by atoms with van der Waals surface area (Å²) >= 11 is 0. The van der Waals surface area contributed by atoms with Gasteiger partial charge in [0.1, 0.15) is 0 Å². The minimum Gasteiger partial charge on any atom is -0.504 e. The van der Waals surface area contributed by atoms with E-state index in [0.717, 1.165) is 25.9 Å². The van der Waals surface area contributed by atoms with Crippen LogP contribution in [0, 0.1) is 0 Å². The lowest BCUT2D eigenvalue weighted by atomic mass is 10.00. The maximum atomic E-state index is 11.7. The highest BCUT2D eigenvalue weighted by Crippen LogP contribution is 2.23. The number of carbonyl (C=O) groups is 2. The molecule has 4 nitrogen and oxygen atoms in total. The highest BCUT2D eigenvalue weighted by atomic mass is 16.3. The number of allylic oxidation sites excluding steroid dienone is 2. The van der Waals surface area contributed by atoms with Crippen molar-refractivity contribution in [1.29, 1.82) is 0 Å². The first-order valence-electron chi connectivity index (χ1n) is 5.07. The summed E-state index contributed by atoms with van der Waals surface area (Å²) in [6.45, 7) is 3.04. The van der Waals surface area contributed by atoms with Crippen molar-refractivity contribution in [3.05, 3.63) is 23.1 Å². The van der Waals surface area contributed by atoms with Gasteiger partial charge in [-0.25, -0.2) is 0 Å². The fraction of sp³-hybridized carbons (Fsp3) is 0.455. The lowest BCUT2D eigenvalue weighted by Gasteiger charge is -2.22. The van der Waals surface area contributed by atoms with Crippen LogP contribution in [0.15, 0.2) is 23.1 Å². The van der Waals surface area contributed by atoms with Crippen molar-refractivity contribution in [2.24, 2.45) is 0 Å². The number of nitrogens with zero attached hydrogens (tertiary/aromatic N) is 1. The van der Waals surface area contributed by atoms with Crippen molar-refractivity contribution in [2.75, 3.05) is 13.1 Å². The zero-order valence-electron chi connectivity index (χ0n) is 8.62. The molecule has 1 heterocycles. The summed E-state index contributed by atoms with van der Waals surface area (Å²) in [6, 6.07) is 0. The van der Waals surface area contributed by atoms with Crippen molar-refractivity contribution >= 4 is 11.6 Å². The minimum atomic E-state index is -0.422. The molecule has 0 aromatic heterocycles. The van der Waals surface area contributed by atoms with E-state index in [1.165, 1.54) is 13.0 Å². The number of hydrogen-bond acceptors (Lipinski definition) is 4. The molecule has 0 radical (unpaired) electrons. The number of aliphatic hydroxyl groups is 1. The van der Waals surface area contributed by atoms with Crippen molar-refractivity contribution in [1.82, 2.24) is 4.90 Å². The van der Waals surface area contributed by atoms with Gasteiger partial charge in [-0.2, -0.15) is 0 Å². The van der Waals surface area contributed by atoms with E-state index in [9.17, 15) is 14.7 Å². The van der Waals surface area contributed by atoms with Crippen molar-refractivity contribution < 1.29 is 14.7 Å². The molecule has 1 N–H and O–H groups in total. The van der Waals surface area contributed by atoms with Gasteiger partial charge in [-0.15, -0.1) is 0 Å². The molecule has 0 saturated carbocycles. The van der Waals surface area contributed by atoms with E-state index >= 15 is 0 Å². The van der Waals surface area contributed by atoms with Crippen LogP contribution in [-0.4, -0.2) is 34.7 Å². The lowest BCUT2D eigenvalue weighted by Crippen LogP contribution is -2.30. The van der Waals surface area contributed by atoms with Crippen LogP contribution in [0.1, 0.15) is 19.8 Å². The Balaban J connectivity index is 2.31. The van der Waals surface area contributed by atoms with E-state index < -0.39 is 11.5 Å². The maximum Gasteiger partial charge on any atom is 0.243 e. The lowest BCUT2D eigenvalue weighted by molar-refractivity contribution is -0.119. The quantitative estimate of drug-likeness (QED) is 0.650. The van der Waals surface area contributed by atoms with Crippen LogP contribution >= 0.6 is 0 Å². The SMILES string of the molecule is CC1=C(O)C(=O)C(N2CCCC2)=CC1=O. The van der Waals surface area contributed by atoms with Crippen LogP contribution in [-0.2, 0) is 9.59 Å². The maximum absolute atomic E-state index is 11.7. The summed E-state index contributed by atoms with van der Waals surface area (Å²) < 4.78 is 0. The molecule has 1 aliphatic carbocycles. The second-order valence-electron chi connectivity index (χ2n) is 3.89. The molecule has 2 aliphatic rings. The van der Waals surface area contributed by atoms with Crippen LogP contribution in [0.25, 0.3) is 0 Å². The second kappa shape index (κ2) is 3.53. The van der Waals surface area contributed by atoms with E-state index in [2.05, 4.69) is 0 Å². The van der Waals surface area contributed by atoms with Gasteiger partial charge in [-0.3, -0.25) is 9.59 Å². The van der Waals surface area contributed by atoms with E-state index in [4.69, 9.17) is 0 Å². The molecule has 0 aromatic carbocycles. The molecule has 0 aromatic rings. The highest BCUT2D eigenvalue weighted by Gasteiger charge is 2.30. The number of Topliss-reactive ketones (excluding diaryl/α,β-unsaturated/α-hetero) is 1. The Kier molecular flexibility index (Phi) is 2.34. The summed E-state index contributed by atoms with van der Waals surface area (Å²) in [5.41, 5.74) is 0.489. The Bertz CT molecular complexity index is 387. The van der Waals surface area contributed by atoms with Gasteiger partial charge in [0.05, 0.1) is 5.70 Å². The van der Waals surface area contributed by atoms with Crippen molar-refractivity contribution in [3.8, 4) is 0 Å². The largest absolute Gasteiger partial charge is 0.504 e. The zero-order chi connectivity index (χ0) is 11.0. The van der Waals surface area contributed by atoms with Crippen LogP contribution in [0.4, 0.5) is 0 Å². The molecule has 0 unspecified atom stereocenters. The number of hydrogen-bond donors (Lipinski definition) is 1. The number of ketones is 2. The van der Waals surface area contributed by atoms with Crippen LogP contribution in [0.3, 0.4) is 0 Å². The number of aliphatic hydroxyl groups excluding tert-OH is 1. The normalized spacial score (nSPS) is 22.5. The fourth-order valence-corrected chi connectivity index (χ4v) is 1.90. The Morgan fingerprint density at radius 2 is 1.87 bits per heavy atom. The van der Waals surface area contributed by atoms with Gasteiger partial charge in [0.2, 0.25) is 5.78 Å². The number of likely N-dealkylation sites (tertiary alicyclic amines) is 1. The highest BCUT2D eigenvalue weighted by molar-refractivity contribution is 6.21. The molecular formula is C11H13NO3. The summed E-state index contributed by atoms with van der Waals surface area (Å²) in [7, 11) is 0. The Labute approximate surface area is 87.9 Å². The Morgan fingerprint density at radius 1 is 1.27 bits per heavy atom. The summed E-state index contributed by atoms with van der Waals surface area (Å²) in [5, 5.41) is 9.49. The molecule has 1 aliphatic heterocycles. The van der Waals surface area contributed by atoms with Gasteiger partial charge >= 0.3 is 0 Å². The summed E-state index contributed by atoms with van der Waals surface area (Å²) in [5.74, 6) is -1.09. The summed E-state index contributed by atoms with van der Waals surface area (Å²) in [4.78, 5) is 25.0. The molecular weight excluding hydrogens is 194 g/mol. The van der Waals surface area contributed by atoms with Gasteiger partial charge < -0.3 is 10.0 Å². The van der Waals surface area contributed by atoms with Gasteiger partial charge in [-0.1, -0.05) is 0 Å². The smallest absolute Gasteiger partial charge is 0.243 e. The number of rotatable bonds is 1. The van der Waals surface area contributed by atoms with Crippen LogP contribution < -0.4 is 0 Å². The molecule has 80 valence electrons. The molecule has 0 atom stereocenters.